The first-order valence-electron chi connectivity index (χ1n) is 8.54. The van der Waals surface area contributed by atoms with Crippen molar-refractivity contribution in [3.05, 3.63) is 42.0 Å². The highest BCUT2D eigenvalue weighted by molar-refractivity contribution is 7.86. The van der Waals surface area contributed by atoms with E-state index in [0.717, 1.165) is 13.0 Å². The van der Waals surface area contributed by atoms with Crippen LogP contribution in [-0.4, -0.2) is 44.0 Å². The monoisotopic (exact) mass is 517 g/mol. The van der Waals surface area contributed by atoms with E-state index in [-0.39, 0.29) is 22.0 Å². The van der Waals surface area contributed by atoms with Gasteiger partial charge in [-0.15, -0.1) is 10.2 Å². The Kier molecular flexibility index (Phi) is 5.95. The number of phenolic OH excluding ortho intramolecular Hbond substituents is 1. The molecule has 6 N–H and O–H groups in total. The summed E-state index contributed by atoms with van der Waals surface area (Å²) in [6, 6.07) is 6.20. The van der Waals surface area contributed by atoms with Gasteiger partial charge in [0.15, 0.2) is 5.75 Å². The summed E-state index contributed by atoms with van der Waals surface area (Å²) in [5.41, 5.74) is 3.97. The van der Waals surface area contributed by atoms with Gasteiger partial charge in [0.1, 0.15) is 21.2 Å². The molecule has 13 nitrogen and oxygen atoms in total. The fraction of sp³-hybridized carbons (Fsp3) is 0.0588. The zero-order valence-corrected chi connectivity index (χ0v) is 18.8. The number of fused-ring (bicyclic) bond motifs is 1. The third-order valence-corrected chi connectivity index (χ3v) is 7.17. The quantitative estimate of drug-likeness (QED) is 0.187. The molecular weight excluding hydrogens is 502 g/mol. The first-order valence-corrected chi connectivity index (χ1v) is 12.9. The Hall–Kier alpha value is -3.15. The van der Waals surface area contributed by atoms with Crippen molar-refractivity contribution in [2.75, 3.05) is 5.73 Å². The SMILES string of the molecule is Cc1cc(S(=O)(=O)O)c(/N=N\c2c(S(=O)(=O)O)cc3cc(N)ccc3c2O)cc1S(=O)(=O)O. The van der Waals surface area contributed by atoms with Crippen LogP contribution < -0.4 is 5.73 Å². The van der Waals surface area contributed by atoms with E-state index in [0.29, 0.717) is 12.1 Å². The number of azo groups is 1. The van der Waals surface area contributed by atoms with Crippen LogP contribution in [0.25, 0.3) is 10.8 Å². The predicted octanol–water partition coefficient (Wildman–Crippen LogP) is 2.59. The molecular formula is C17H15N3O10S3. The zero-order valence-electron chi connectivity index (χ0n) is 16.4. The maximum Gasteiger partial charge on any atom is 0.296 e. The molecule has 0 radical (unpaired) electrons. The minimum Gasteiger partial charge on any atom is -0.505 e. The number of anilines is 1. The normalized spacial score (nSPS) is 13.1. The number of hydrogen-bond donors (Lipinski definition) is 5. The van der Waals surface area contributed by atoms with Crippen LogP contribution in [0.2, 0.25) is 0 Å². The highest BCUT2D eigenvalue weighted by atomic mass is 32.2. The fourth-order valence-corrected chi connectivity index (χ4v) is 5.05. The number of nitrogen functional groups attached to an aromatic ring is 1. The molecule has 0 aromatic heterocycles. The summed E-state index contributed by atoms with van der Waals surface area (Å²) in [4.78, 5) is -2.60. The van der Waals surface area contributed by atoms with Crippen molar-refractivity contribution < 1.29 is 44.0 Å². The van der Waals surface area contributed by atoms with Gasteiger partial charge in [-0.1, -0.05) is 0 Å². The standard InChI is InChI=1S/C17H15N3O10S3/c1-8-4-14(32(25,26)27)12(7-13(8)31(22,23)24)19-20-16-15(33(28,29)30)6-9-5-10(18)2-3-11(9)17(16)21/h2-7,21H,18H2,1H3,(H,22,23,24)(H,25,26,27)(H,28,29,30)/b20-19-. The first kappa shape index (κ1) is 24.5. The fourth-order valence-electron chi connectivity index (χ4n) is 2.98. The van der Waals surface area contributed by atoms with Crippen molar-refractivity contribution in [1.29, 1.82) is 0 Å². The minimum absolute atomic E-state index is 0.0445. The number of rotatable bonds is 5. The average Bonchev–Trinajstić information content (AvgIpc) is 2.65. The lowest BCUT2D eigenvalue weighted by molar-refractivity contribution is 0.472. The van der Waals surface area contributed by atoms with E-state index in [2.05, 4.69) is 10.2 Å². The van der Waals surface area contributed by atoms with Crippen molar-refractivity contribution >= 4 is 58.2 Å². The second-order valence-corrected chi connectivity index (χ2v) is 10.9. The van der Waals surface area contributed by atoms with Crippen molar-refractivity contribution in [3.8, 4) is 5.75 Å². The predicted molar refractivity (Wildman–Crippen MR) is 115 cm³/mol. The molecule has 3 rings (SSSR count). The van der Waals surface area contributed by atoms with Crippen molar-refractivity contribution in [2.24, 2.45) is 10.2 Å². The van der Waals surface area contributed by atoms with Gasteiger partial charge in [-0.25, -0.2) is 0 Å². The van der Waals surface area contributed by atoms with E-state index in [1.807, 2.05) is 0 Å². The van der Waals surface area contributed by atoms with Crippen LogP contribution in [0, 0.1) is 6.92 Å². The van der Waals surface area contributed by atoms with E-state index in [1.54, 1.807) is 0 Å². The lowest BCUT2D eigenvalue weighted by Crippen LogP contribution is -2.05. The number of benzene rings is 3. The summed E-state index contributed by atoms with van der Waals surface area (Å²) in [7, 11) is -14.8. The third kappa shape index (κ3) is 4.95. The van der Waals surface area contributed by atoms with Crippen molar-refractivity contribution in [1.82, 2.24) is 0 Å². The second-order valence-electron chi connectivity index (χ2n) is 6.76. The molecule has 0 unspecified atom stereocenters. The zero-order chi connectivity index (χ0) is 24.9. The molecule has 176 valence electrons. The van der Waals surface area contributed by atoms with E-state index in [9.17, 15) is 44.0 Å². The number of aryl methyl sites for hydroxylation is 1. The highest BCUT2D eigenvalue weighted by Crippen LogP contribution is 2.42. The van der Waals surface area contributed by atoms with Gasteiger partial charge in [0, 0.05) is 11.1 Å². The minimum atomic E-state index is -5.00. The van der Waals surface area contributed by atoms with E-state index in [1.165, 1.54) is 18.2 Å². The number of hydrogen-bond acceptors (Lipinski definition) is 10. The van der Waals surface area contributed by atoms with Crippen LogP contribution in [-0.2, 0) is 30.4 Å². The Balaban J connectivity index is 2.37. The van der Waals surface area contributed by atoms with Crippen LogP contribution in [0.5, 0.6) is 5.75 Å². The molecule has 0 bridgehead atoms. The molecule has 0 amide bonds. The van der Waals surface area contributed by atoms with Gasteiger partial charge in [0.25, 0.3) is 30.4 Å². The number of nitrogens with two attached hydrogens (primary N) is 1. The lowest BCUT2D eigenvalue weighted by Gasteiger charge is -2.10. The smallest absolute Gasteiger partial charge is 0.296 e. The lowest BCUT2D eigenvalue weighted by atomic mass is 10.1. The molecule has 0 heterocycles. The Morgan fingerprint density at radius 3 is 1.88 bits per heavy atom. The molecule has 0 aliphatic heterocycles. The molecule has 0 aliphatic carbocycles. The van der Waals surface area contributed by atoms with Crippen LogP contribution in [0.1, 0.15) is 5.56 Å². The summed E-state index contributed by atoms with van der Waals surface area (Å²) >= 11 is 0. The van der Waals surface area contributed by atoms with Gasteiger partial charge < -0.3 is 10.8 Å². The molecule has 16 heteroatoms. The largest absolute Gasteiger partial charge is 0.505 e. The summed E-state index contributed by atoms with van der Waals surface area (Å²) in [6.07, 6.45) is 0. The molecule has 0 saturated heterocycles. The Bertz CT molecular complexity index is 1660. The van der Waals surface area contributed by atoms with E-state index >= 15 is 0 Å². The number of nitrogens with zero attached hydrogens (tertiary/aromatic N) is 2. The van der Waals surface area contributed by atoms with E-state index < -0.39 is 62.2 Å². The topological polar surface area (TPSA) is 234 Å². The molecule has 0 aliphatic rings. The third-order valence-electron chi connectivity index (χ3n) is 4.42. The van der Waals surface area contributed by atoms with Crippen LogP contribution in [0.15, 0.2) is 61.3 Å². The molecule has 0 fully saturated rings. The Morgan fingerprint density at radius 1 is 0.758 bits per heavy atom. The Labute approximate surface area is 187 Å². The summed E-state index contributed by atoms with van der Waals surface area (Å²) in [5.74, 6) is -0.778. The van der Waals surface area contributed by atoms with E-state index in [4.69, 9.17) is 5.73 Å². The molecule has 0 saturated carbocycles. The van der Waals surface area contributed by atoms with Crippen molar-refractivity contribution in [2.45, 2.75) is 21.6 Å². The van der Waals surface area contributed by atoms with Crippen LogP contribution >= 0.6 is 0 Å². The summed E-state index contributed by atoms with van der Waals surface area (Å²) in [6.45, 7) is 1.13. The van der Waals surface area contributed by atoms with Gasteiger partial charge in [0.05, 0.1) is 4.90 Å². The molecule has 3 aromatic carbocycles. The van der Waals surface area contributed by atoms with Gasteiger partial charge in [-0.05, 0) is 54.3 Å². The maximum atomic E-state index is 11.9. The van der Waals surface area contributed by atoms with Gasteiger partial charge >= 0.3 is 0 Å². The van der Waals surface area contributed by atoms with Gasteiger partial charge in [-0.2, -0.15) is 25.3 Å². The number of aromatic hydroxyl groups is 1. The van der Waals surface area contributed by atoms with Gasteiger partial charge in [-0.3, -0.25) is 13.7 Å². The van der Waals surface area contributed by atoms with Gasteiger partial charge in [0.2, 0.25) is 0 Å². The first-order chi connectivity index (χ1) is 15.0. The Morgan fingerprint density at radius 2 is 1.33 bits per heavy atom. The number of phenols is 1. The molecule has 0 atom stereocenters. The van der Waals surface area contributed by atoms with Crippen molar-refractivity contribution in [3.63, 3.8) is 0 Å². The second kappa shape index (κ2) is 8.01. The molecule has 0 spiro atoms. The summed E-state index contributed by atoms with van der Waals surface area (Å²) < 4.78 is 98.7. The maximum absolute atomic E-state index is 11.9. The highest BCUT2D eigenvalue weighted by Gasteiger charge is 2.25. The van der Waals surface area contributed by atoms with Crippen LogP contribution in [0.3, 0.4) is 0 Å². The molecule has 3 aromatic rings. The average molecular weight is 518 g/mol. The van der Waals surface area contributed by atoms with Crippen LogP contribution in [0.4, 0.5) is 17.1 Å². The summed E-state index contributed by atoms with van der Waals surface area (Å²) in [5, 5.41) is 17.7. The molecule has 33 heavy (non-hydrogen) atoms.